The summed E-state index contributed by atoms with van der Waals surface area (Å²) in [5, 5.41) is 11.6. The Morgan fingerprint density at radius 3 is 2.51 bits per heavy atom. The van der Waals surface area contributed by atoms with Gasteiger partial charge in [-0.1, -0.05) is 19.3 Å². The molecule has 35 heavy (non-hydrogen) atoms. The van der Waals surface area contributed by atoms with E-state index in [0.717, 1.165) is 24.2 Å². The van der Waals surface area contributed by atoms with Crippen LogP contribution in [-0.2, 0) is 6.42 Å². The number of likely N-dealkylation sites (tertiary alicyclic amines) is 2. The molecule has 7 heteroatoms. The van der Waals surface area contributed by atoms with Gasteiger partial charge in [0.15, 0.2) is 0 Å². The Balaban J connectivity index is 1.03. The minimum absolute atomic E-state index is 0.193. The van der Waals surface area contributed by atoms with E-state index >= 15 is 0 Å². The van der Waals surface area contributed by atoms with Crippen molar-refractivity contribution < 1.29 is 0 Å². The second kappa shape index (κ2) is 11.7. The first kappa shape index (κ1) is 25.2. The number of nitrogens with zero attached hydrogens (tertiary/aromatic N) is 3. The molecule has 4 aliphatic rings. The summed E-state index contributed by atoms with van der Waals surface area (Å²) in [6.07, 6.45) is 21.8. The largest absolute Gasteiger partial charge is 0.388 e. The van der Waals surface area contributed by atoms with Gasteiger partial charge < -0.3 is 25.8 Å². The second-order valence-corrected chi connectivity index (χ2v) is 12.4. The second-order valence-electron chi connectivity index (χ2n) is 12.4. The SMILES string of the molecule is N=C(N)CC(Cc1ncc[nH]1)NC1CCC(CN2CCC3(CCN(C4CCCCC4)CC3)C2)CC1. The summed E-state index contributed by atoms with van der Waals surface area (Å²) in [5.41, 5.74) is 6.37. The minimum atomic E-state index is 0.193. The van der Waals surface area contributed by atoms with Crippen LogP contribution in [0.25, 0.3) is 0 Å². The van der Waals surface area contributed by atoms with Crippen molar-refractivity contribution >= 4 is 5.84 Å². The zero-order chi connectivity index (χ0) is 24.1. The molecule has 1 atom stereocenters. The van der Waals surface area contributed by atoms with Crippen LogP contribution in [0.5, 0.6) is 0 Å². The molecule has 0 aromatic carbocycles. The zero-order valence-electron chi connectivity index (χ0n) is 21.8. The quantitative estimate of drug-likeness (QED) is 0.315. The minimum Gasteiger partial charge on any atom is -0.388 e. The summed E-state index contributed by atoms with van der Waals surface area (Å²) >= 11 is 0. The predicted octanol–water partition coefficient (Wildman–Crippen LogP) is 3.92. The molecule has 4 fully saturated rings. The lowest BCUT2D eigenvalue weighted by Gasteiger charge is -2.44. The molecule has 2 aliphatic carbocycles. The number of aromatic nitrogens is 2. The van der Waals surface area contributed by atoms with Crippen LogP contribution in [0.4, 0.5) is 0 Å². The fourth-order valence-electron chi connectivity index (χ4n) is 7.71. The summed E-state index contributed by atoms with van der Waals surface area (Å²) < 4.78 is 0. The number of rotatable bonds is 9. The van der Waals surface area contributed by atoms with Crippen molar-refractivity contribution in [2.45, 2.75) is 108 Å². The summed E-state index contributed by atoms with van der Waals surface area (Å²) in [6, 6.07) is 1.63. The third-order valence-corrected chi connectivity index (χ3v) is 9.76. The molecule has 2 saturated heterocycles. The molecule has 196 valence electrons. The van der Waals surface area contributed by atoms with Crippen molar-refractivity contribution in [1.29, 1.82) is 5.41 Å². The Labute approximate surface area is 212 Å². The van der Waals surface area contributed by atoms with E-state index < -0.39 is 0 Å². The van der Waals surface area contributed by atoms with Gasteiger partial charge in [0, 0.05) is 56.5 Å². The van der Waals surface area contributed by atoms with Crippen molar-refractivity contribution in [3.05, 3.63) is 18.2 Å². The van der Waals surface area contributed by atoms with E-state index in [2.05, 4.69) is 25.1 Å². The first-order valence-electron chi connectivity index (χ1n) is 14.6. The lowest BCUT2D eigenvalue weighted by molar-refractivity contribution is 0.0602. The van der Waals surface area contributed by atoms with E-state index in [4.69, 9.17) is 11.1 Å². The third-order valence-electron chi connectivity index (χ3n) is 9.76. The Bertz CT molecular complexity index is 771. The highest BCUT2D eigenvalue weighted by atomic mass is 15.2. The molecular formula is C28H49N7. The number of hydrogen-bond acceptors (Lipinski definition) is 5. The third kappa shape index (κ3) is 6.86. The molecule has 2 aliphatic heterocycles. The van der Waals surface area contributed by atoms with Crippen molar-refractivity contribution in [3.8, 4) is 0 Å². The van der Waals surface area contributed by atoms with Gasteiger partial charge in [0.25, 0.3) is 0 Å². The van der Waals surface area contributed by atoms with Crippen molar-refractivity contribution in [3.63, 3.8) is 0 Å². The molecule has 5 rings (SSSR count). The number of piperidine rings is 1. The number of H-pyrrole nitrogens is 1. The Kier molecular flexibility index (Phi) is 8.46. The van der Waals surface area contributed by atoms with Gasteiger partial charge in [0.1, 0.15) is 5.82 Å². The van der Waals surface area contributed by atoms with Crippen LogP contribution in [0.3, 0.4) is 0 Å². The highest BCUT2D eigenvalue weighted by molar-refractivity contribution is 5.77. The van der Waals surface area contributed by atoms with Crippen LogP contribution < -0.4 is 11.1 Å². The lowest BCUT2D eigenvalue weighted by Crippen LogP contribution is -2.47. The smallest absolute Gasteiger partial charge is 0.107 e. The van der Waals surface area contributed by atoms with Crippen molar-refractivity contribution in [1.82, 2.24) is 25.1 Å². The molecule has 0 amide bonds. The van der Waals surface area contributed by atoms with Crippen LogP contribution in [0.2, 0.25) is 0 Å². The van der Waals surface area contributed by atoms with E-state index in [1.54, 1.807) is 6.20 Å². The maximum atomic E-state index is 7.77. The van der Waals surface area contributed by atoms with Gasteiger partial charge in [-0.2, -0.15) is 0 Å². The molecular weight excluding hydrogens is 434 g/mol. The molecule has 1 aromatic rings. The highest BCUT2D eigenvalue weighted by Crippen LogP contribution is 2.42. The maximum absolute atomic E-state index is 7.77. The monoisotopic (exact) mass is 483 g/mol. The molecule has 1 aromatic heterocycles. The fraction of sp³-hybridized carbons (Fsp3) is 0.857. The molecule has 0 bridgehead atoms. The Morgan fingerprint density at radius 2 is 1.83 bits per heavy atom. The number of aromatic amines is 1. The topological polar surface area (TPSA) is 97.1 Å². The standard InChI is InChI=1S/C28H49N7/c29-26(30)18-24(19-27-31-13-14-32-27)33-23-8-6-22(7-9-23)20-34-15-10-28(21-34)11-16-35(17-12-28)25-4-2-1-3-5-25/h13-14,22-25,33H,1-12,15-21H2,(H3,29,30)(H,31,32). The number of hydrogen-bond donors (Lipinski definition) is 4. The lowest BCUT2D eigenvalue weighted by atomic mass is 9.77. The fourth-order valence-corrected chi connectivity index (χ4v) is 7.71. The van der Waals surface area contributed by atoms with E-state index in [1.807, 2.05) is 6.20 Å². The summed E-state index contributed by atoms with van der Waals surface area (Å²) in [7, 11) is 0. The van der Waals surface area contributed by atoms with E-state index in [1.165, 1.54) is 110 Å². The first-order valence-corrected chi connectivity index (χ1v) is 14.6. The molecule has 3 heterocycles. The molecule has 1 unspecified atom stereocenters. The van der Waals surface area contributed by atoms with Crippen molar-refractivity contribution in [2.24, 2.45) is 17.1 Å². The number of nitrogens with two attached hydrogens (primary N) is 1. The summed E-state index contributed by atoms with van der Waals surface area (Å²) in [6.45, 7) is 6.70. The van der Waals surface area contributed by atoms with Crippen LogP contribution in [0.15, 0.2) is 12.4 Å². The molecule has 0 radical (unpaired) electrons. The summed E-state index contributed by atoms with van der Waals surface area (Å²) in [4.78, 5) is 13.3. The van der Waals surface area contributed by atoms with Gasteiger partial charge in [-0.3, -0.25) is 5.41 Å². The van der Waals surface area contributed by atoms with E-state index in [-0.39, 0.29) is 11.9 Å². The van der Waals surface area contributed by atoms with Crippen LogP contribution >= 0.6 is 0 Å². The first-order chi connectivity index (χ1) is 17.1. The molecule has 2 saturated carbocycles. The number of nitrogens with one attached hydrogen (secondary N) is 3. The van der Waals surface area contributed by atoms with E-state index in [0.29, 0.717) is 17.9 Å². The molecule has 5 N–H and O–H groups in total. The van der Waals surface area contributed by atoms with Gasteiger partial charge in [0.05, 0.1) is 5.84 Å². The average Bonchev–Trinajstić information content (AvgIpc) is 3.51. The Hall–Kier alpha value is -1.44. The normalized spacial score (nSPS) is 29.5. The van der Waals surface area contributed by atoms with Gasteiger partial charge >= 0.3 is 0 Å². The molecule has 7 nitrogen and oxygen atoms in total. The van der Waals surface area contributed by atoms with Gasteiger partial charge in [-0.15, -0.1) is 0 Å². The van der Waals surface area contributed by atoms with Gasteiger partial charge in [-0.25, -0.2) is 4.98 Å². The zero-order valence-corrected chi connectivity index (χ0v) is 21.8. The predicted molar refractivity (Wildman–Crippen MR) is 143 cm³/mol. The van der Waals surface area contributed by atoms with Gasteiger partial charge in [-0.05, 0) is 88.8 Å². The van der Waals surface area contributed by atoms with Crippen LogP contribution in [-0.4, -0.2) is 76.5 Å². The van der Waals surface area contributed by atoms with E-state index in [9.17, 15) is 0 Å². The molecule has 1 spiro atoms. The van der Waals surface area contributed by atoms with Crippen molar-refractivity contribution in [2.75, 3.05) is 32.7 Å². The number of amidine groups is 1. The van der Waals surface area contributed by atoms with Crippen LogP contribution in [0, 0.1) is 16.7 Å². The van der Waals surface area contributed by atoms with Gasteiger partial charge in [0.2, 0.25) is 0 Å². The highest BCUT2D eigenvalue weighted by Gasteiger charge is 2.42. The number of imidazole rings is 1. The average molecular weight is 484 g/mol. The maximum Gasteiger partial charge on any atom is 0.107 e. The Morgan fingerprint density at radius 1 is 1.09 bits per heavy atom. The van der Waals surface area contributed by atoms with Crippen LogP contribution in [0.1, 0.15) is 89.3 Å². The summed E-state index contributed by atoms with van der Waals surface area (Å²) in [5.74, 6) is 2.09.